The number of aromatic hydroxyl groups is 1. The molecule has 1 aromatic rings. The van der Waals surface area contributed by atoms with E-state index in [0.717, 1.165) is 24.2 Å². The Morgan fingerprint density at radius 1 is 1.41 bits per heavy atom. The van der Waals surface area contributed by atoms with Crippen LogP contribution in [0.5, 0.6) is 11.5 Å². The summed E-state index contributed by atoms with van der Waals surface area (Å²) in [7, 11) is 5.54. The lowest BCUT2D eigenvalue weighted by atomic mass is 10.1. The maximum absolute atomic E-state index is 10.0. The third-order valence-electron chi connectivity index (χ3n) is 2.70. The molecular formula is C13H22N2O2. The van der Waals surface area contributed by atoms with Crippen LogP contribution in [0.2, 0.25) is 0 Å². The van der Waals surface area contributed by atoms with Crippen LogP contribution in [0.1, 0.15) is 11.1 Å². The van der Waals surface area contributed by atoms with Crippen molar-refractivity contribution >= 4 is 0 Å². The van der Waals surface area contributed by atoms with Crippen LogP contribution in [0.25, 0.3) is 0 Å². The Morgan fingerprint density at radius 3 is 2.71 bits per heavy atom. The van der Waals surface area contributed by atoms with E-state index >= 15 is 0 Å². The third-order valence-corrected chi connectivity index (χ3v) is 2.70. The Kier molecular flexibility index (Phi) is 5.25. The first kappa shape index (κ1) is 13.8. The van der Waals surface area contributed by atoms with Crippen LogP contribution in [0.15, 0.2) is 12.1 Å². The van der Waals surface area contributed by atoms with Crippen molar-refractivity contribution in [2.45, 2.75) is 13.5 Å². The first-order chi connectivity index (χ1) is 8.08. The van der Waals surface area contributed by atoms with Crippen LogP contribution in [0, 0.1) is 6.92 Å². The number of phenolic OH excluding ortho intramolecular Hbond substituents is 1. The molecule has 17 heavy (non-hydrogen) atoms. The van der Waals surface area contributed by atoms with Crippen LogP contribution in [-0.2, 0) is 6.54 Å². The van der Waals surface area contributed by atoms with Gasteiger partial charge in [0.2, 0.25) is 0 Å². The number of hydrogen-bond acceptors (Lipinski definition) is 4. The van der Waals surface area contributed by atoms with E-state index in [0.29, 0.717) is 12.3 Å². The van der Waals surface area contributed by atoms with Crippen LogP contribution in [-0.4, -0.2) is 44.3 Å². The minimum Gasteiger partial charge on any atom is -0.504 e. The highest BCUT2D eigenvalue weighted by atomic mass is 16.5. The number of methoxy groups -OCH3 is 1. The Balaban J connectivity index is 2.79. The van der Waals surface area contributed by atoms with Gasteiger partial charge in [0.25, 0.3) is 0 Å². The van der Waals surface area contributed by atoms with Gasteiger partial charge in [-0.2, -0.15) is 0 Å². The highest BCUT2D eigenvalue weighted by Crippen LogP contribution is 2.31. The van der Waals surface area contributed by atoms with Gasteiger partial charge in [0.15, 0.2) is 11.5 Å². The standard InChI is InChI=1S/C13H22N2O2/c1-10-7-11(9-15(3)6-5-14-2)13(16)12(8-10)17-4/h7-8,14,16H,5-6,9H2,1-4H3. The van der Waals surface area contributed by atoms with Gasteiger partial charge in [-0.25, -0.2) is 0 Å². The number of likely N-dealkylation sites (N-methyl/N-ethyl adjacent to an activating group) is 2. The fourth-order valence-electron chi connectivity index (χ4n) is 1.77. The van der Waals surface area contributed by atoms with Crippen molar-refractivity contribution in [1.82, 2.24) is 10.2 Å². The smallest absolute Gasteiger partial charge is 0.162 e. The number of benzene rings is 1. The maximum atomic E-state index is 10.0. The molecular weight excluding hydrogens is 216 g/mol. The molecule has 0 atom stereocenters. The van der Waals surface area contributed by atoms with E-state index in [9.17, 15) is 5.11 Å². The summed E-state index contributed by atoms with van der Waals surface area (Å²) in [5, 5.41) is 13.1. The van der Waals surface area contributed by atoms with Gasteiger partial charge in [-0.05, 0) is 32.6 Å². The second-order valence-corrected chi connectivity index (χ2v) is 4.32. The number of nitrogens with one attached hydrogen (secondary N) is 1. The summed E-state index contributed by atoms with van der Waals surface area (Å²) in [6.07, 6.45) is 0. The second-order valence-electron chi connectivity index (χ2n) is 4.32. The predicted molar refractivity (Wildman–Crippen MR) is 69.7 cm³/mol. The highest BCUT2D eigenvalue weighted by Gasteiger charge is 2.10. The quantitative estimate of drug-likeness (QED) is 0.785. The minimum atomic E-state index is 0.245. The SMILES string of the molecule is CNCCN(C)Cc1cc(C)cc(OC)c1O. The first-order valence-corrected chi connectivity index (χ1v) is 5.78. The van der Waals surface area contributed by atoms with Crippen molar-refractivity contribution in [3.05, 3.63) is 23.3 Å². The zero-order valence-corrected chi connectivity index (χ0v) is 11.1. The Morgan fingerprint density at radius 2 is 2.12 bits per heavy atom. The maximum Gasteiger partial charge on any atom is 0.162 e. The van der Waals surface area contributed by atoms with Gasteiger partial charge in [0.05, 0.1) is 7.11 Å². The number of aryl methyl sites for hydroxylation is 1. The molecule has 1 aromatic carbocycles. The fourth-order valence-corrected chi connectivity index (χ4v) is 1.77. The van der Waals surface area contributed by atoms with Crippen molar-refractivity contribution in [2.24, 2.45) is 0 Å². The largest absolute Gasteiger partial charge is 0.504 e. The molecule has 4 heteroatoms. The first-order valence-electron chi connectivity index (χ1n) is 5.78. The average Bonchev–Trinajstić information content (AvgIpc) is 2.30. The van der Waals surface area contributed by atoms with Gasteiger partial charge in [-0.15, -0.1) is 0 Å². The monoisotopic (exact) mass is 238 g/mol. The van der Waals surface area contributed by atoms with E-state index < -0.39 is 0 Å². The molecule has 96 valence electrons. The van der Waals surface area contributed by atoms with E-state index in [4.69, 9.17) is 4.74 Å². The Bertz CT molecular complexity index is 367. The molecule has 0 aliphatic carbocycles. The number of hydrogen-bond donors (Lipinski definition) is 2. The molecule has 0 aliphatic heterocycles. The van der Waals surface area contributed by atoms with Crippen LogP contribution in [0.4, 0.5) is 0 Å². The van der Waals surface area contributed by atoms with Crippen molar-refractivity contribution in [2.75, 3.05) is 34.3 Å². The molecule has 0 saturated carbocycles. The predicted octanol–water partition coefficient (Wildman–Crippen LogP) is 1.36. The van der Waals surface area contributed by atoms with Gasteiger partial charge in [0, 0.05) is 25.2 Å². The number of nitrogens with zero attached hydrogens (tertiary/aromatic N) is 1. The van der Waals surface area contributed by atoms with Crippen LogP contribution < -0.4 is 10.1 Å². The Labute approximate surface area is 103 Å². The van der Waals surface area contributed by atoms with Gasteiger partial charge in [-0.1, -0.05) is 6.07 Å². The lowest BCUT2D eigenvalue weighted by Gasteiger charge is -2.18. The topological polar surface area (TPSA) is 44.7 Å². The van der Waals surface area contributed by atoms with Gasteiger partial charge in [-0.3, -0.25) is 0 Å². The molecule has 0 radical (unpaired) electrons. The fraction of sp³-hybridized carbons (Fsp3) is 0.538. The molecule has 0 bridgehead atoms. The summed E-state index contributed by atoms with van der Waals surface area (Å²) in [5.41, 5.74) is 2.00. The summed E-state index contributed by atoms with van der Waals surface area (Å²) < 4.78 is 5.15. The van der Waals surface area contributed by atoms with Crippen molar-refractivity contribution in [3.63, 3.8) is 0 Å². The molecule has 0 aromatic heterocycles. The van der Waals surface area contributed by atoms with E-state index in [2.05, 4.69) is 10.2 Å². The summed E-state index contributed by atoms with van der Waals surface area (Å²) in [6.45, 7) is 4.58. The third kappa shape index (κ3) is 3.91. The van der Waals surface area contributed by atoms with Gasteiger partial charge >= 0.3 is 0 Å². The molecule has 1 rings (SSSR count). The summed E-state index contributed by atoms with van der Waals surface area (Å²) >= 11 is 0. The number of phenols is 1. The summed E-state index contributed by atoms with van der Waals surface area (Å²) in [6, 6.07) is 3.83. The minimum absolute atomic E-state index is 0.245. The van der Waals surface area contributed by atoms with Crippen molar-refractivity contribution < 1.29 is 9.84 Å². The van der Waals surface area contributed by atoms with Gasteiger partial charge in [0.1, 0.15) is 0 Å². The second kappa shape index (κ2) is 6.47. The lowest BCUT2D eigenvalue weighted by Crippen LogP contribution is -2.27. The summed E-state index contributed by atoms with van der Waals surface area (Å²) in [4.78, 5) is 2.16. The molecule has 2 N–H and O–H groups in total. The number of ether oxygens (including phenoxy) is 1. The zero-order chi connectivity index (χ0) is 12.8. The molecule has 4 nitrogen and oxygen atoms in total. The molecule has 0 fully saturated rings. The summed E-state index contributed by atoms with van der Waals surface area (Å²) in [5.74, 6) is 0.788. The zero-order valence-electron chi connectivity index (χ0n) is 11.1. The highest BCUT2D eigenvalue weighted by molar-refractivity contribution is 5.48. The van der Waals surface area contributed by atoms with Gasteiger partial charge < -0.3 is 20.1 Å². The van der Waals surface area contributed by atoms with E-state index in [1.807, 2.05) is 33.2 Å². The molecule has 0 amide bonds. The van der Waals surface area contributed by atoms with Crippen LogP contribution in [0.3, 0.4) is 0 Å². The molecule has 0 saturated heterocycles. The molecule has 0 aliphatic rings. The van der Waals surface area contributed by atoms with Crippen LogP contribution >= 0.6 is 0 Å². The Hall–Kier alpha value is -1.26. The molecule has 0 heterocycles. The molecule has 0 unspecified atom stereocenters. The number of rotatable bonds is 6. The normalized spacial score (nSPS) is 10.9. The lowest BCUT2D eigenvalue weighted by molar-refractivity contribution is 0.315. The van der Waals surface area contributed by atoms with Crippen molar-refractivity contribution in [1.29, 1.82) is 0 Å². The van der Waals surface area contributed by atoms with Crippen molar-refractivity contribution in [3.8, 4) is 11.5 Å². The molecule has 0 spiro atoms. The van der Waals surface area contributed by atoms with E-state index in [1.165, 1.54) is 0 Å². The average molecular weight is 238 g/mol. The van der Waals surface area contributed by atoms with E-state index in [1.54, 1.807) is 7.11 Å². The van der Waals surface area contributed by atoms with E-state index in [-0.39, 0.29) is 5.75 Å².